The van der Waals surface area contributed by atoms with Gasteiger partial charge in [0.15, 0.2) is 0 Å². The number of benzene rings is 3. The molecule has 0 saturated carbocycles. The van der Waals surface area contributed by atoms with Crippen LogP contribution in [-0.2, 0) is 0 Å². The molecule has 9 nitrogen and oxygen atoms in total. The second-order valence-electron chi connectivity index (χ2n) is 6.26. The highest BCUT2D eigenvalue weighted by Gasteiger charge is 2.13. The Balaban J connectivity index is 1.66. The van der Waals surface area contributed by atoms with Crippen LogP contribution in [-0.4, -0.2) is 24.2 Å². The number of hydrogen-bond donors (Lipinski definition) is 1. The first-order chi connectivity index (χ1) is 15.4. The second kappa shape index (κ2) is 10.2. The standard InChI is InChI=1S/C22H15BrN4O5/c1-31-21-8-4-16(23)11-19(21)22(28)26-25-13-14-2-6-18(7-3-14)32-20-9-5-17(27(29)30)10-15(20)12-24/h2-11,13H,1H3,(H,26,28)/b25-13+. The van der Waals surface area contributed by atoms with E-state index in [1.807, 2.05) is 6.07 Å². The quantitative estimate of drug-likeness (QED) is 0.285. The van der Waals surface area contributed by atoms with Gasteiger partial charge in [-0.25, -0.2) is 5.43 Å². The zero-order valence-electron chi connectivity index (χ0n) is 16.6. The number of methoxy groups -OCH3 is 1. The molecule has 0 radical (unpaired) electrons. The van der Waals surface area contributed by atoms with E-state index >= 15 is 0 Å². The third kappa shape index (κ3) is 5.47. The number of nitrogens with one attached hydrogen (secondary N) is 1. The molecule has 0 unspecified atom stereocenters. The summed E-state index contributed by atoms with van der Waals surface area (Å²) in [5.74, 6) is 0.622. The van der Waals surface area contributed by atoms with E-state index in [0.717, 1.165) is 10.5 Å². The Morgan fingerprint density at radius 3 is 2.53 bits per heavy atom. The molecular weight excluding hydrogens is 480 g/mol. The fraction of sp³-hybridized carbons (Fsp3) is 0.0455. The molecule has 0 aliphatic heterocycles. The predicted octanol–water partition coefficient (Wildman–Crippen LogP) is 4.79. The summed E-state index contributed by atoms with van der Waals surface area (Å²) in [6, 6.07) is 17.4. The van der Waals surface area contributed by atoms with Crippen molar-refractivity contribution in [2.75, 3.05) is 7.11 Å². The average Bonchev–Trinajstić information content (AvgIpc) is 2.80. The van der Waals surface area contributed by atoms with Crippen molar-refractivity contribution in [2.45, 2.75) is 0 Å². The van der Waals surface area contributed by atoms with Gasteiger partial charge in [-0.2, -0.15) is 10.4 Å². The van der Waals surface area contributed by atoms with Crippen molar-refractivity contribution in [1.82, 2.24) is 5.43 Å². The van der Waals surface area contributed by atoms with Gasteiger partial charge in [-0.05, 0) is 54.1 Å². The van der Waals surface area contributed by atoms with Crippen molar-refractivity contribution in [3.8, 4) is 23.3 Å². The fourth-order valence-corrected chi connectivity index (χ4v) is 3.00. The van der Waals surface area contributed by atoms with Crippen molar-refractivity contribution < 1.29 is 19.2 Å². The van der Waals surface area contributed by atoms with Gasteiger partial charge >= 0.3 is 0 Å². The number of carbonyl (C=O) groups is 1. The molecular formula is C22H15BrN4O5. The van der Waals surface area contributed by atoms with E-state index in [0.29, 0.717) is 22.6 Å². The van der Waals surface area contributed by atoms with Crippen LogP contribution in [0.15, 0.2) is 70.2 Å². The molecule has 1 N–H and O–H groups in total. The summed E-state index contributed by atoms with van der Waals surface area (Å²) in [5, 5.41) is 24.0. The largest absolute Gasteiger partial charge is 0.496 e. The van der Waals surface area contributed by atoms with Gasteiger partial charge in [0, 0.05) is 16.6 Å². The van der Waals surface area contributed by atoms with E-state index in [1.165, 1.54) is 25.5 Å². The van der Waals surface area contributed by atoms with Gasteiger partial charge in [-0.3, -0.25) is 14.9 Å². The van der Waals surface area contributed by atoms with Crippen molar-refractivity contribution in [2.24, 2.45) is 5.10 Å². The SMILES string of the molecule is COc1ccc(Br)cc1C(=O)N/N=C/c1ccc(Oc2ccc([N+](=O)[O-])cc2C#N)cc1. The van der Waals surface area contributed by atoms with E-state index in [4.69, 9.17) is 9.47 Å². The van der Waals surface area contributed by atoms with E-state index < -0.39 is 10.8 Å². The maximum Gasteiger partial charge on any atom is 0.275 e. The molecule has 0 bridgehead atoms. The van der Waals surface area contributed by atoms with E-state index in [-0.39, 0.29) is 17.0 Å². The summed E-state index contributed by atoms with van der Waals surface area (Å²) in [5.41, 5.74) is 3.32. The van der Waals surface area contributed by atoms with E-state index in [9.17, 15) is 20.2 Å². The minimum absolute atomic E-state index is 0.0514. The first-order valence-corrected chi connectivity index (χ1v) is 9.84. The molecule has 3 aromatic rings. The average molecular weight is 495 g/mol. The highest BCUT2D eigenvalue weighted by molar-refractivity contribution is 9.10. The molecule has 0 aromatic heterocycles. The van der Waals surface area contributed by atoms with Crippen molar-refractivity contribution in [3.63, 3.8) is 0 Å². The molecule has 3 rings (SSSR count). The summed E-state index contributed by atoms with van der Waals surface area (Å²) in [7, 11) is 1.48. The molecule has 10 heteroatoms. The maximum atomic E-state index is 12.3. The number of amides is 1. The lowest BCUT2D eigenvalue weighted by molar-refractivity contribution is -0.384. The molecule has 0 aliphatic carbocycles. The molecule has 0 atom stereocenters. The van der Waals surface area contributed by atoms with Crippen molar-refractivity contribution in [1.29, 1.82) is 5.26 Å². The van der Waals surface area contributed by atoms with Gasteiger partial charge < -0.3 is 9.47 Å². The Labute approximate surface area is 191 Å². The third-order valence-electron chi connectivity index (χ3n) is 4.19. The topological polar surface area (TPSA) is 127 Å². The molecule has 160 valence electrons. The van der Waals surface area contributed by atoms with Crippen LogP contribution in [0.2, 0.25) is 0 Å². The Morgan fingerprint density at radius 2 is 1.88 bits per heavy atom. The number of hydrogen-bond acceptors (Lipinski definition) is 7. The van der Waals surface area contributed by atoms with Gasteiger partial charge in [0.25, 0.3) is 11.6 Å². The normalized spacial score (nSPS) is 10.4. The molecule has 0 aliphatic rings. The predicted molar refractivity (Wildman–Crippen MR) is 120 cm³/mol. The van der Waals surface area contributed by atoms with Gasteiger partial charge in [0.1, 0.15) is 28.9 Å². The number of nitriles is 1. The molecule has 3 aromatic carbocycles. The Hall–Kier alpha value is -4.23. The van der Waals surface area contributed by atoms with Crippen LogP contribution in [0.1, 0.15) is 21.5 Å². The van der Waals surface area contributed by atoms with E-state index in [2.05, 4.69) is 26.5 Å². The van der Waals surface area contributed by atoms with E-state index in [1.54, 1.807) is 42.5 Å². The van der Waals surface area contributed by atoms with Crippen LogP contribution in [0.4, 0.5) is 5.69 Å². The molecule has 1 amide bonds. The number of nitrogens with zero attached hydrogens (tertiary/aromatic N) is 3. The molecule has 32 heavy (non-hydrogen) atoms. The summed E-state index contributed by atoms with van der Waals surface area (Å²) in [6.07, 6.45) is 1.46. The molecule has 0 heterocycles. The summed E-state index contributed by atoms with van der Waals surface area (Å²) < 4.78 is 11.6. The number of nitro groups is 1. The van der Waals surface area contributed by atoms with Crippen molar-refractivity contribution >= 4 is 33.7 Å². The number of halogens is 1. The Kier molecular flexibility index (Phi) is 7.15. The first kappa shape index (κ1) is 22.5. The summed E-state index contributed by atoms with van der Waals surface area (Å²) in [4.78, 5) is 22.6. The highest BCUT2D eigenvalue weighted by Crippen LogP contribution is 2.28. The lowest BCUT2D eigenvalue weighted by atomic mass is 10.2. The first-order valence-electron chi connectivity index (χ1n) is 9.04. The maximum absolute atomic E-state index is 12.3. The lowest BCUT2D eigenvalue weighted by Crippen LogP contribution is -2.18. The zero-order valence-corrected chi connectivity index (χ0v) is 18.2. The van der Waals surface area contributed by atoms with Gasteiger partial charge in [-0.1, -0.05) is 15.9 Å². The zero-order chi connectivity index (χ0) is 23.1. The van der Waals surface area contributed by atoms with Crippen molar-refractivity contribution in [3.05, 3.63) is 91.9 Å². The number of hydrazone groups is 1. The number of non-ortho nitro benzene ring substituents is 1. The Bertz CT molecular complexity index is 1240. The second-order valence-corrected chi connectivity index (χ2v) is 7.18. The third-order valence-corrected chi connectivity index (χ3v) is 4.68. The fourth-order valence-electron chi connectivity index (χ4n) is 2.64. The molecule has 0 spiro atoms. The highest BCUT2D eigenvalue weighted by atomic mass is 79.9. The monoisotopic (exact) mass is 494 g/mol. The number of ether oxygens (including phenoxy) is 2. The van der Waals surface area contributed by atoms with Crippen LogP contribution in [0.3, 0.4) is 0 Å². The smallest absolute Gasteiger partial charge is 0.275 e. The number of nitro benzene ring substituents is 1. The summed E-state index contributed by atoms with van der Waals surface area (Å²) in [6.45, 7) is 0. The van der Waals surface area contributed by atoms with Crippen LogP contribution in [0.25, 0.3) is 0 Å². The van der Waals surface area contributed by atoms with Gasteiger partial charge in [0.05, 0.1) is 23.8 Å². The van der Waals surface area contributed by atoms with Crippen LogP contribution < -0.4 is 14.9 Å². The summed E-state index contributed by atoms with van der Waals surface area (Å²) >= 11 is 3.31. The van der Waals surface area contributed by atoms with Gasteiger partial charge in [0.2, 0.25) is 0 Å². The van der Waals surface area contributed by atoms with Crippen LogP contribution >= 0.6 is 15.9 Å². The minimum atomic E-state index is -0.579. The number of carbonyl (C=O) groups excluding carboxylic acids is 1. The lowest BCUT2D eigenvalue weighted by Gasteiger charge is -2.08. The number of rotatable bonds is 7. The minimum Gasteiger partial charge on any atom is -0.496 e. The molecule has 0 saturated heterocycles. The van der Waals surface area contributed by atoms with Crippen LogP contribution in [0, 0.1) is 21.4 Å². The van der Waals surface area contributed by atoms with Gasteiger partial charge in [-0.15, -0.1) is 0 Å². The molecule has 0 fully saturated rings. The Morgan fingerprint density at radius 1 is 1.16 bits per heavy atom. The van der Waals surface area contributed by atoms with Crippen LogP contribution in [0.5, 0.6) is 17.2 Å².